The third-order valence-electron chi connectivity index (χ3n) is 4.58. The molecule has 0 fully saturated rings. The van der Waals surface area contributed by atoms with Crippen LogP contribution in [0, 0.1) is 11.3 Å². The molecule has 2 aromatic heterocycles. The van der Waals surface area contributed by atoms with Gasteiger partial charge < -0.3 is 16.4 Å². The van der Waals surface area contributed by atoms with Crippen molar-refractivity contribution in [3.8, 4) is 17.2 Å². The zero-order chi connectivity index (χ0) is 22.8. The Kier molecular flexibility index (Phi) is 7.84. The van der Waals surface area contributed by atoms with E-state index in [0.29, 0.717) is 18.9 Å². The van der Waals surface area contributed by atoms with Gasteiger partial charge in [0.2, 0.25) is 5.91 Å². The average Bonchev–Trinajstić information content (AvgIpc) is 3.26. The van der Waals surface area contributed by atoms with Gasteiger partial charge in [0.15, 0.2) is 0 Å². The predicted octanol–water partition coefficient (Wildman–Crippen LogP) is 2.19. The van der Waals surface area contributed by atoms with Crippen molar-refractivity contribution in [2.24, 2.45) is 17.8 Å². The lowest BCUT2D eigenvalue weighted by atomic mass is 10.1. The van der Waals surface area contributed by atoms with Crippen LogP contribution in [-0.2, 0) is 11.8 Å². The largest absolute Gasteiger partial charge is 0.403 e. The van der Waals surface area contributed by atoms with E-state index in [0.717, 1.165) is 16.7 Å². The van der Waals surface area contributed by atoms with Gasteiger partial charge in [-0.2, -0.15) is 10.4 Å². The molecule has 0 saturated heterocycles. The number of aryl methyl sites for hydroxylation is 1. The minimum absolute atomic E-state index is 0.235. The van der Waals surface area contributed by atoms with E-state index in [1.54, 1.807) is 23.1 Å². The number of benzene rings is 1. The summed E-state index contributed by atoms with van der Waals surface area (Å²) in [6, 6.07) is 14.4. The first-order valence-corrected chi connectivity index (χ1v) is 9.97. The molecule has 0 aliphatic heterocycles. The fourth-order valence-corrected chi connectivity index (χ4v) is 2.96. The molecule has 0 saturated carbocycles. The number of allylic oxidation sites excluding steroid dienone is 1. The lowest BCUT2D eigenvalue weighted by molar-refractivity contribution is -0.118. The number of carbonyl (C=O) groups excluding carboxylic acids is 1. The summed E-state index contributed by atoms with van der Waals surface area (Å²) in [5.41, 5.74) is 8.29. The smallest absolute Gasteiger partial charge is 0.247 e. The average molecular weight is 429 g/mol. The summed E-state index contributed by atoms with van der Waals surface area (Å²) in [6.45, 7) is 0.813. The van der Waals surface area contributed by atoms with E-state index in [4.69, 9.17) is 11.0 Å². The van der Waals surface area contributed by atoms with Gasteiger partial charge in [0.05, 0.1) is 18.3 Å². The number of aliphatic imine (C=N–C) groups is 1. The maximum absolute atomic E-state index is 13.0. The third-order valence-corrected chi connectivity index (χ3v) is 4.58. The SMILES string of the molecule is Cn1cc(-c2ccc(NC(=O)C(NCCN=CC(C#N)=CN)c3ccccc3)nc2)cn1. The number of anilines is 1. The molecule has 1 unspecified atom stereocenters. The molecule has 1 amide bonds. The molecule has 32 heavy (non-hydrogen) atoms. The lowest BCUT2D eigenvalue weighted by Crippen LogP contribution is -2.34. The first-order valence-electron chi connectivity index (χ1n) is 9.97. The second kappa shape index (κ2) is 11.2. The minimum atomic E-state index is -0.591. The van der Waals surface area contributed by atoms with Crippen LogP contribution >= 0.6 is 0 Å². The third kappa shape index (κ3) is 6.10. The molecule has 9 heteroatoms. The highest BCUT2D eigenvalue weighted by Crippen LogP contribution is 2.20. The van der Waals surface area contributed by atoms with Crippen molar-refractivity contribution in [3.63, 3.8) is 0 Å². The van der Waals surface area contributed by atoms with Gasteiger partial charge in [-0.1, -0.05) is 30.3 Å². The molecule has 1 aromatic carbocycles. The highest BCUT2D eigenvalue weighted by atomic mass is 16.2. The Morgan fingerprint density at radius 3 is 2.69 bits per heavy atom. The maximum atomic E-state index is 13.0. The molecule has 3 rings (SSSR count). The molecule has 0 spiro atoms. The van der Waals surface area contributed by atoms with E-state index in [1.165, 1.54) is 12.4 Å². The maximum Gasteiger partial charge on any atom is 0.247 e. The van der Waals surface area contributed by atoms with Gasteiger partial charge in [-0.3, -0.25) is 14.5 Å². The van der Waals surface area contributed by atoms with Crippen LogP contribution in [0.15, 0.2) is 77.8 Å². The van der Waals surface area contributed by atoms with E-state index in [9.17, 15) is 4.79 Å². The molecule has 0 aliphatic rings. The minimum Gasteiger partial charge on any atom is -0.403 e. The van der Waals surface area contributed by atoms with E-state index in [1.807, 2.05) is 55.7 Å². The monoisotopic (exact) mass is 428 g/mol. The Morgan fingerprint density at radius 1 is 1.25 bits per heavy atom. The Labute approximate surface area is 186 Å². The molecule has 0 aliphatic carbocycles. The van der Waals surface area contributed by atoms with Crippen LogP contribution in [0.25, 0.3) is 11.1 Å². The standard InChI is InChI=1S/C23H24N8O/c1-31-16-20(15-29-31)19-7-8-21(28-14-19)30-23(32)22(18-5-3-2-4-6-18)27-10-9-26-13-17(11-24)12-25/h2-8,11,13-16,22,27H,9-10,24H2,1H3,(H,28,30,32). The number of rotatable bonds is 9. The molecule has 2 heterocycles. The van der Waals surface area contributed by atoms with Crippen molar-refractivity contribution in [3.05, 3.63) is 78.4 Å². The Hall–Kier alpha value is -4.29. The number of amides is 1. The molecule has 0 radical (unpaired) electrons. The predicted molar refractivity (Wildman–Crippen MR) is 123 cm³/mol. The lowest BCUT2D eigenvalue weighted by Gasteiger charge is -2.18. The van der Waals surface area contributed by atoms with Crippen LogP contribution in [0.3, 0.4) is 0 Å². The summed E-state index contributed by atoms with van der Waals surface area (Å²) >= 11 is 0. The van der Waals surface area contributed by atoms with E-state index < -0.39 is 6.04 Å². The molecule has 1 atom stereocenters. The first kappa shape index (κ1) is 22.4. The van der Waals surface area contributed by atoms with Crippen molar-refractivity contribution in [2.45, 2.75) is 6.04 Å². The molecule has 0 bridgehead atoms. The summed E-state index contributed by atoms with van der Waals surface area (Å²) in [6.07, 6.45) is 7.97. The topological polar surface area (TPSA) is 134 Å². The van der Waals surface area contributed by atoms with E-state index in [-0.39, 0.29) is 11.5 Å². The summed E-state index contributed by atoms with van der Waals surface area (Å²) in [5.74, 6) is 0.219. The number of aromatic nitrogens is 3. The van der Waals surface area contributed by atoms with Gasteiger partial charge in [-0.05, 0) is 17.7 Å². The van der Waals surface area contributed by atoms with Crippen LogP contribution in [0.1, 0.15) is 11.6 Å². The number of nitrogens with two attached hydrogens (primary N) is 1. The van der Waals surface area contributed by atoms with Crippen LogP contribution in [0.2, 0.25) is 0 Å². The fraction of sp³-hybridized carbons (Fsp3) is 0.174. The number of nitrogens with one attached hydrogen (secondary N) is 2. The summed E-state index contributed by atoms with van der Waals surface area (Å²) < 4.78 is 1.72. The summed E-state index contributed by atoms with van der Waals surface area (Å²) in [5, 5.41) is 19.1. The molecular weight excluding hydrogens is 404 g/mol. The Bertz CT molecular complexity index is 1130. The van der Waals surface area contributed by atoms with Gasteiger partial charge in [0.1, 0.15) is 17.9 Å². The van der Waals surface area contributed by atoms with Crippen molar-refractivity contribution < 1.29 is 4.79 Å². The number of hydrogen-bond acceptors (Lipinski definition) is 7. The molecule has 4 N–H and O–H groups in total. The van der Waals surface area contributed by atoms with Gasteiger partial charge >= 0.3 is 0 Å². The summed E-state index contributed by atoms with van der Waals surface area (Å²) in [7, 11) is 1.85. The van der Waals surface area contributed by atoms with E-state index >= 15 is 0 Å². The van der Waals surface area contributed by atoms with Gasteiger partial charge in [-0.25, -0.2) is 4.98 Å². The normalized spacial score (nSPS) is 12.4. The molecular formula is C23H24N8O. The van der Waals surface area contributed by atoms with Crippen LogP contribution < -0.4 is 16.4 Å². The van der Waals surface area contributed by atoms with Gasteiger partial charge in [0, 0.05) is 49.5 Å². The zero-order valence-corrected chi connectivity index (χ0v) is 17.6. The number of nitriles is 1. The first-order chi connectivity index (χ1) is 15.6. The number of pyridine rings is 1. The number of nitrogens with zero attached hydrogens (tertiary/aromatic N) is 5. The molecule has 162 valence electrons. The highest BCUT2D eigenvalue weighted by molar-refractivity contribution is 5.95. The van der Waals surface area contributed by atoms with Gasteiger partial charge in [-0.15, -0.1) is 0 Å². The fourth-order valence-electron chi connectivity index (χ4n) is 2.96. The quantitative estimate of drug-likeness (QED) is 0.272. The number of hydrogen-bond donors (Lipinski definition) is 3. The summed E-state index contributed by atoms with van der Waals surface area (Å²) in [4.78, 5) is 21.5. The highest BCUT2D eigenvalue weighted by Gasteiger charge is 2.20. The van der Waals surface area contributed by atoms with Crippen molar-refractivity contribution in [2.75, 3.05) is 18.4 Å². The van der Waals surface area contributed by atoms with E-state index in [2.05, 4.69) is 25.7 Å². The van der Waals surface area contributed by atoms with Crippen LogP contribution in [0.5, 0.6) is 0 Å². The van der Waals surface area contributed by atoms with Crippen molar-refractivity contribution in [1.82, 2.24) is 20.1 Å². The van der Waals surface area contributed by atoms with Crippen LogP contribution in [-0.4, -0.2) is 40.0 Å². The van der Waals surface area contributed by atoms with Crippen molar-refractivity contribution >= 4 is 17.9 Å². The van der Waals surface area contributed by atoms with Crippen LogP contribution in [0.4, 0.5) is 5.82 Å². The second-order valence-electron chi connectivity index (χ2n) is 6.89. The second-order valence-corrected chi connectivity index (χ2v) is 6.89. The Morgan fingerprint density at radius 2 is 2.06 bits per heavy atom. The zero-order valence-electron chi connectivity index (χ0n) is 17.6. The molecule has 9 nitrogen and oxygen atoms in total. The Balaban J connectivity index is 1.65. The van der Waals surface area contributed by atoms with Crippen molar-refractivity contribution in [1.29, 1.82) is 5.26 Å². The molecule has 3 aromatic rings. The number of carbonyl (C=O) groups is 1. The van der Waals surface area contributed by atoms with Gasteiger partial charge in [0.25, 0.3) is 0 Å².